The van der Waals surface area contributed by atoms with E-state index in [9.17, 15) is 22.8 Å². The SMILES string of the molecule is COc1cc(C(=O)N2CCN(C(=O)c3ccc(C(F)(F)F)cc3)CC2)ccc1OC(C)C. The van der Waals surface area contributed by atoms with E-state index >= 15 is 0 Å². The normalized spacial score (nSPS) is 14.5. The minimum absolute atomic E-state index is 0.0410. The fourth-order valence-electron chi connectivity index (χ4n) is 3.43. The summed E-state index contributed by atoms with van der Waals surface area (Å²) in [5.74, 6) is 0.454. The third-order valence-corrected chi connectivity index (χ3v) is 5.09. The van der Waals surface area contributed by atoms with E-state index in [1.54, 1.807) is 23.1 Å². The number of rotatable bonds is 5. The van der Waals surface area contributed by atoms with E-state index in [0.717, 1.165) is 12.1 Å². The molecule has 6 nitrogen and oxygen atoms in total. The number of halogens is 3. The molecule has 172 valence electrons. The average Bonchev–Trinajstić information content (AvgIpc) is 2.77. The van der Waals surface area contributed by atoms with Crippen molar-refractivity contribution in [1.82, 2.24) is 9.80 Å². The van der Waals surface area contributed by atoms with E-state index in [1.807, 2.05) is 13.8 Å². The largest absolute Gasteiger partial charge is 0.493 e. The van der Waals surface area contributed by atoms with E-state index in [4.69, 9.17) is 9.47 Å². The Balaban J connectivity index is 1.62. The Labute approximate surface area is 184 Å². The van der Waals surface area contributed by atoms with Gasteiger partial charge in [-0.1, -0.05) is 0 Å². The molecule has 3 rings (SSSR count). The van der Waals surface area contributed by atoms with Crippen molar-refractivity contribution >= 4 is 11.8 Å². The summed E-state index contributed by atoms with van der Waals surface area (Å²) < 4.78 is 49.1. The third kappa shape index (κ3) is 5.33. The Hall–Kier alpha value is -3.23. The summed E-state index contributed by atoms with van der Waals surface area (Å²) in [6, 6.07) is 9.13. The molecule has 2 aromatic rings. The van der Waals surface area contributed by atoms with Gasteiger partial charge >= 0.3 is 6.18 Å². The highest BCUT2D eigenvalue weighted by molar-refractivity contribution is 5.96. The zero-order valence-electron chi connectivity index (χ0n) is 18.1. The van der Waals surface area contributed by atoms with Crippen LogP contribution in [0, 0.1) is 0 Å². The molecule has 1 heterocycles. The van der Waals surface area contributed by atoms with Crippen molar-refractivity contribution in [2.24, 2.45) is 0 Å². The first-order valence-electron chi connectivity index (χ1n) is 10.2. The van der Waals surface area contributed by atoms with Gasteiger partial charge in [0.25, 0.3) is 11.8 Å². The van der Waals surface area contributed by atoms with Crippen LogP contribution in [0.4, 0.5) is 13.2 Å². The summed E-state index contributed by atoms with van der Waals surface area (Å²) in [6.45, 7) is 5.00. The number of carbonyl (C=O) groups excluding carboxylic acids is 2. The molecule has 0 unspecified atom stereocenters. The Bertz CT molecular complexity index is 966. The van der Waals surface area contributed by atoms with Gasteiger partial charge in [-0.05, 0) is 56.3 Å². The number of nitrogens with zero attached hydrogens (tertiary/aromatic N) is 2. The molecule has 1 aliphatic rings. The first-order chi connectivity index (χ1) is 15.1. The molecule has 1 saturated heterocycles. The molecule has 0 aliphatic carbocycles. The number of ether oxygens (including phenoxy) is 2. The highest BCUT2D eigenvalue weighted by atomic mass is 19.4. The van der Waals surface area contributed by atoms with Crippen molar-refractivity contribution in [3.63, 3.8) is 0 Å². The second-order valence-corrected chi connectivity index (χ2v) is 7.69. The van der Waals surface area contributed by atoms with Gasteiger partial charge in [0.1, 0.15) is 0 Å². The first kappa shape index (κ1) is 23.4. The number of alkyl halides is 3. The smallest absolute Gasteiger partial charge is 0.416 e. The van der Waals surface area contributed by atoms with Crippen molar-refractivity contribution < 1.29 is 32.2 Å². The average molecular weight is 450 g/mol. The van der Waals surface area contributed by atoms with Gasteiger partial charge in [0, 0.05) is 37.3 Å². The Morgan fingerprint density at radius 1 is 0.844 bits per heavy atom. The molecule has 0 aromatic heterocycles. The Morgan fingerprint density at radius 2 is 1.34 bits per heavy atom. The molecule has 0 spiro atoms. The molecule has 2 amide bonds. The van der Waals surface area contributed by atoms with E-state index in [-0.39, 0.29) is 36.6 Å². The van der Waals surface area contributed by atoms with Crippen LogP contribution in [-0.4, -0.2) is 61.0 Å². The van der Waals surface area contributed by atoms with Gasteiger partial charge in [0.15, 0.2) is 11.5 Å². The van der Waals surface area contributed by atoms with Crippen LogP contribution in [0.15, 0.2) is 42.5 Å². The van der Waals surface area contributed by atoms with Gasteiger partial charge in [-0.2, -0.15) is 13.2 Å². The van der Waals surface area contributed by atoms with Gasteiger partial charge in [0.05, 0.1) is 18.8 Å². The van der Waals surface area contributed by atoms with Crippen LogP contribution >= 0.6 is 0 Å². The van der Waals surface area contributed by atoms with Gasteiger partial charge in [-0.25, -0.2) is 0 Å². The standard InChI is InChI=1S/C23H25F3N2O4/c1-15(2)32-19-9-6-17(14-20(19)31-3)22(30)28-12-10-27(11-13-28)21(29)16-4-7-18(8-5-16)23(24,25)26/h4-9,14-15H,10-13H2,1-3H3. The van der Waals surface area contributed by atoms with Crippen molar-refractivity contribution in [3.8, 4) is 11.5 Å². The number of carbonyl (C=O) groups is 2. The quantitative estimate of drug-likeness (QED) is 0.688. The van der Waals surface area contributed by atoms with Crippen LogP contribution in [0.2, 0.25) is 0 Å². The number of hydrogen-bond donors (Lipinski definition) is 0. The highest BCUT2D eigenvalue weighted by Crippen LogP contribution is 2.30. The van der Waals surface area contributed by atoms with Crippen LogP contribution in [-0.2, 0) is 6.18 Å². The van der Waals surface area contributed by atoms with E-state index in [2.05, 4.69) is 0 Å². The molecular formula is C23H25F3N2O4. The molecule has 0 saturated carbocycles. The molecule has 9 heteroatoms. The second kappa shape index (κ2) is 9.50. The zero-order chi connectivity index (χ0) is 23.5. The number of benzene rings is 2. The lowest BCUT2D eigenvalue weighted by Crippen LogP contribution is -2.50. The van der Waals surface area contributed by atoms with Gasteiger partial charge in [0.2, 0.25) is 0 Å². The molecule has 1 aliphatic heterocycles. The molecule has 0 bridgehead atoms. The molecule has 0 radical (unpaired) electrons. The van der Waals surface area contributed by atoms with Crippen molar-refractivity contribution in [2.75, 3.05) is 33.3 Å². The summed E-state index contributed by atoms with van der Waals surface area (Å²) in [4.78, 5) is 28.7. The Morgan fingerprint density at radius 3 is 1.81 bits per heavy atom. The van der Waals surface area contributed by atoms with Gasteiger partial charge in [-0.15, -0.1) is 0 Å². The number of piperazine rings is 1. The molecule has 2 aromatic carbocycles. The maximum atomic E-state index is 12.9. The maximum Gasteiger partial charge on any atom is 0.416 e. The van der Waals surface area contributed by atoms with Crippen LogP contribution < -0.4 is 9.47 Å². The molecule has 1 fully saturated rings. The third-order valence-electron chi connectivity index (χ3n) is 5.09. The zero-order valence-corrected chi connectivity index (χ0v) is 18.1. The predicted molar refractivity (Wildman–Crippen MR) is 112 cm³/mol. The summed E-state index contributed by atoms with van der Waals surface area (Å²) >= 11 is 0. The second-order valence-electron chi connectivity index (χ2n) is 7.69. The van der Waals surface area contributed by atoms with Crippen LogP contribution in [0.25, 0.3) is 0 Å². The maximum absolute atomic E-state index is 12.9. The number of amides is 2. The predicted octanol–water partition coefficient (Wildman–Crippen LogP) is 4.10. The van der Waals surface area contributed by atoms with Crippen molar-refractivity contribution in [3.05, 3.63) is 59.2 Å². The van der Waals surface area contributed by atoms with E-state index in [0.29, 0.717) is 30.2 Å². The molecular weight excluding hydrogens is 425 g/mol. The lowest BCUT2D eigenvalue weighted by molar-refractivity contribution is -0.137. The molecule has 0 N–H and O–H groups in total. The Kier molecular flexibility index (Phi) is 6.96. The van der Waals surface area contributed by atoms with Crippen LogP contribution in [0.1, 0.15) is 40.1 Å². The number of hydrogen-bond acceptors (Lipinski definition) is 4. The van der Waals surface area contributed by atoms with E-state index < -0.39 is 11.7 Å². The molecule has 0 atom stereocenters. The monoisotopic (exact) mass is 450 g/mol. The first-order valence-corrected chi connectivity index (χ1v) is 10.2. The number of methoxy groups -OCH3 is 1. The summed E-state index contributed by atoms with van der Waals surface area (Å²) in [5.41, 5.74) is -0.173. The summed E-state index contributed by atoms with van der Waals surface area (Å²) in [6.07, 6.45) is -4.49. The highest BCUT2D eigenvalue weighted by Gasteiger charge is 2.31. The topological polar surface area (TPSA) is 59.1 Å². The van der Waals surface area contributed by atoms with Crippen LogP contribution in [0.3, 0.4) is 0 Å². The van der Waals surface area contributed by atoms with E-state index in [1.165, 1.54) is 24.1 Å². The fourth-order valence-corrected chi connectivity index (χ4v) is 3.43. The lowest BCUT2D eigenvalue weighted by atomic mass is 10.1. The lowest BCUT2D eigenvalue weighted by Gasteiger charge is -2.35. The van der Waals surface area contributed by atoms with Crippen LogP contribution in [0.5, 0.6) is 11.5 Å². The minimum atomic E-state index is -4.45. The molecule has 32 heavy (non-hydrogen) atoms. The minimum Gasteiger partial charge on any atom is -0.493 e. The summed E-state index contributed by atoms with van der Waals surface area (Å²) in [5, 5.41) is 0. The van der Waals surface area contributed by atoms with Crippen molar-refractivity contribution in [1.29, 1.82) is 0 Å². The summed E-state index contributed by atoms with van der Waals surface area (Å²) in [7, 11) is 1.50. The van der Waals surface area contributed by atoms with Crippen molar-refractivity contribution in [2.45, 2.75) is 26.1 Å². The van der Waals surface area contributed by atoms with Gasteiger partial charge in [-0.3, -0.25) is 9.59 Å². The fraction of sp³-hybridized carbons (Fsp3) is 0.391. The van der Waals surface area contributed by atoms with Gasteiger partial charge < -0.3 is 19.3 Å².